The van der Waals surface area contributed by atoms with Crippen LogP contribution in [0.2, 0.25) is 0 Å². The van der Waals surface area contributed by atoms with E-state index >= 15 is 0 Å². The fourth-order valence-corrected chi connectivity index (χ4v) is 2.22. The number of hydrogen-bond donors (Lipinski definition) is 0. The van der Waals surface area contributed by atoms with Gasteiger partial charge in [-0.2, -0.15) is 0 Å². The van der Waals surface area contributed by atoms with Crippen LogP contribution in [0.4, 0.5) is 0 Å². The van der Waals surface area contributed by atoms with Crippen LogP contribution < -0.4 is 0 Å². The SMILES string of the molecule is Cc1ccc(-c2cc(C(C)(C)C)cc(C(C)(C)C)n2)cc1. The molecule has 0 unspecified atom stereocenters. The molecule has 112 valence electrons. The van der Waals surface area contributed by atoms with Crippen LogP contribution in [0.15, 0.2) is 36.4 Å². The molecule has 1 heterocycles. The monoisotopic (exact) mass is 281 g/mol. The van der Waals surface area contributed by atoms with Crippen LogP contribution in [-0.2, 0) is 10.8 Å². The topological polar surface area (TPSA) is 12.9 Å². The van der Waals surface area contributed by atoms with Gasteiger partial charge in [0.05, 0.1) is 5.69 Å². The molecule has 0 aliphatic rings. The van der Waals surface area contributed by atoms with Crippen LogP contribution >= 0.6 is 0 Å². The van der Waals surface area contributed by atoms with Gasteiger partial charge >= 0.3 is 0 Å². The summed E-state index contributed by atoms with van der Waals surface area (Å²) < 4.78 is 0. The molecule has 2 rings (SSSR count). The van der Waals surface area contributed by atoms with Crippen molar-refractivity contribution in [2.45, 2.75) is 59.3 Å². The first-order chi connectivity index (χ1) is 9.57. The van der Waals surface area contributed by atoms with Crippen molar-refractivity contribution in [1.29, 1.82) is 0 Å². The van der Waals surface area contributed by atoms with Crippen LogP contribution in [0.25, 0.3) is 11.3 Å². The van der Waals surface area contributed by atoms with Gasteiger partial charge in [-0.05, 0) is 30.0 Å². The lowest BCUT2D eigenvalue weighted by atomic mass is 9.82. The Morgan fingerprint density at radius 2 is 1.33 bits per heavy atom. The predicted molar refractivity (Wildman–Crippen MR) is 91.8 cm³/mol. The van der Waals surface area contributed by atoms with E-state index in [-0.39, 0.29) is 10.8 Å². The third-order valence-electron chi connectivity index (χ3n) is 3.81. The standard InChI is InChI=1S/C20H27N/c1-14-8-10-15(11-9-14)17-12-16(19(2,3)4)13-18(21-17)20(5,6)7/h8-13H,1-7H3. The molecule has 1 heteroatoms. The van der Waals surface area contributed by atoms with Crippen molar-refractivity contribution < 1.29 is 0 Å². The van der Waals surface area contributed by atoms with Crippen LogP contribution in [0.5, 0.6) is 0 Å². The summed E-state index contributed by atoms with van der Waals surface area (Å²) in [5.74, 6) is 0. The van der Waals surface area contributed by atoms with Crippen molar-refractivity contribution >= 4 is 0 Å². The Balaban J connectivity index is 2.63. The van der Waals surface area contributed by atoms with Crippen molar-refractivity contribution in [3.63, 3.8) is 0 Å². The van der Waals surface area contributed by atoms with Gasteiger partial charge in [-0.3, -0.25) is 4.98 Å². The van der Waals surface area contributed by atoms with Gasteiger partial charge in [-0.15, -0.1) is 0 Å². The molecule has 0 bridgehead atoms. The first-order valence-corrected chi connectivity index (χ1v) is 7.67. The molecule has 0 saturated carbocycles. The average molecular weight is 281 g/mol. The highest BCUT2D eigenvalue weighted by molar-refractivity contribution is 5.61. The fraction of sp³-hybridized carbons (Fsp3) is 0.450. The molecule has 1 nitrogen and oxygen atoms in total. The quantitative estimate of drug-likeness (QED) is 0.658. The molecular weight excluding hydrogens is 254 g/mol. The van der Waals surface area contributed by atoms with Crippen molar-refractivity contribution in [3.05, 3.63) is 53.2 Å². The second-order valence-corrected chi connectivity index (χ2v) is 7.99. The Bertz CT molecular complexity index is 590. The maximum Gasteiger partial charge on any atom is 0.0708 e. The van der Waals surface area contributed by atoms with Gasteiger partial charge in [-0.25, -0.2) is 0 Å². The van der Waals surface area contributed by atoms with E-state index in [0.29, 0.717) is 0 Å². The van der Waals surface area contributed by atoms with Crippen LogP contribution in [-0.4, -0.2) is 4.98 Å². The normalized spacial score (nSPS) is 12.5. The van der Waals surface area contributed by atoms with E-state index in [0.717, 1.165) is 11.4 Å². The zero-order chi connectivity index (χ0) is 15.8. The van der Waals surface area contributed by atoms with E-state index in [1.165, 1.54) is 16.7 Å². The molecule has 2 aromatic rings. The largest absolute Gasteiger partial charge is 0.252 e. The van der Waals surface area contributed by atoms with Gasteiger partial charge in [0.25, 0.3) is 0 Å². The molecule has 0 amide bonds. The third-order valence-corrected chi connectivity index (χ3v) is 3.81. The summed E-state index contributed by atoms with van der Waals surface area (Å²) in [6.07, 6.45) is 0. The number of nitrogens with zero attached hydrogens (tertiary/aromatic N) is 1. The summed E-state index contributed by atoms with van der Waals surface area (Å²) in [5, 5.41) is 0. The second-order valence-electron chi connectivity index (χ2n) is 7.99. The van der Waals surface area contributed by atoms with Gasteiger partial charge in [0.1, 0.15) is 0 Å². The minimum atomic E-state index is 0.0563. The van der Waals surface area contributed by atoms with E-state index in [1.807, 2.05) is 0 Å². The Morgan fingerprint density at radius 3 is 1.81 bits per heavy atom. The van der Waals surface area contributed by atoms with E-state index in [1.54, 1.807) is 0 Å². The molecule has 0 saturated heterocycles. The highest BCUT2D eigenvalue weighted by Gasteiger charge is 2.22. The zero-order valence-electron chi connectivity index (χ0n) is 14.4. The Labute approximate surface area is 129 Å². The Kier molecular flexibility index (Phi) is 3.97. The molecule has 21 heavy (non-hydrogen) atoms. The minimum Gasteiger partial charge on any atom is -0.252 e. The van der Waals surface area contributed by atoms with Gasteiger partial charge in [0.2, 0.25) is 0 Å². The van der Waals surface area contributed by atoms with Crippen LogP contribution in [0, 0.1) is 6.92 Å². The summed E-state index contributed by atoms with van der Waals surface area (Å²) >= 11 is 0. The van der Waals surface area contributed by atoms with E-state index in [2.05, 4.69) is 84.9 Å². The molecular formula is C20H27N. The Morgan fingerprint density at radius 1 is 0.762 bits per heavy atom. The summed E-state index contributed by atoms with van der Waals surface area (Å²) in [4.78, 5) is 4.92. The molecule has 1 aromatic carbocycles. The van der Waals surface area contributed by atoms with Crippen LogP contribution in [0.3, 0.4) is 0 Å². The summed E-state index contributed by atoms with van der Waals surface area (Å²) in [5.41, 5.74) is 6.23. The zero-order valence-corrected chi connectivity index (χ0v) is 14.4. The number of aryl methyl sites for hydroxylation is 1. The molecule has 1 aromatic heterocycles. The van der Waals surface area contributed by atoms with Crippen molar-refractivity contribution in [2.75, 3.05) is 0 Å². The minimum absolute atomic E-state index is 0.0563. The summed E-state index contributed by atoms with van der Waals surface area (Å²) in [6.45, 7) is 15.6. The maximum absolute atomic E-state index is 4.92. The molecule has 0 aliphatic heterocycles. The highest BCUT2D eigenvalue weighted by Crippen LogP contribution is 2.31. The van der Waals surface area contributed by atoms with Gasteiger partial charge in [0, 0.05) is 16.7 Å². The van der Waals surface area contributed by atoms with Crippen LogP contribution in [0.1, 0.15) is 58.4 Å². The lowest BCUT2D eigenvalue weighted by Crippen LogP contribution is -2.18. The number of pyridine rings is 1. The summed E-state index contributed by atoms with van der Waals surface area (Å²) in [7, 11) is 0. The third kappa shape index (κ3) is 3.72. The predicted octanol–water partition coefficient (Wildman–Crippen LogP) is 5.65. The molecule has 0 N–H and O–H groups in total. The number of hydrogen-bond acceptors (Lipinski definition) is 1. The molecule has 0 spiro atoms. The second kappa shape index (κ2) is 5.29. The maximum atomic E-state index is 4.92. The van der Waals surface area contributed by atoms with E-state index in [4.69, 9.17) is 4.98 Å². The van der Waals surface area contributed by atoms with Gasteiger partial charge in [0.15, 0.2) is 0 Å². The first-order valence-electron chi connectivity index (χ1n) is 7.67. The highest BCUT2D eigenvalue weighted by atomic mass is 14.7. The van der Waals surface area contributed by atoms with Crippen molar-refractivity contribution in [1.82, 2.24) is 4.98 Å². The molecule has 0 aliphatic carbocycles. The fourth-order valence-electron chi connectivity index (χ4n) is 2.22. The van der Waals surface area contributed by atoms with Gasteiger partial charge < -0.3 is 0 Å². The van der Waals surface area contributed by atoms with Gasteiger partial charge in [-0.1, -0.05) is 71.4 Å². The molecule has 0 atom stereocenters. The average Bonchev–Trinajstić information content (AvgIpc) is 2.37. The number of rotatable bonds is 1. The molecule has 0 fully saturated rings. The number of benzene rings is 1. The van der Waals surface area contributed by atoms with Crippen molar-refractivity contribution in [3.8, 4) is 11.3 Å². The lowest BCUT2D eigenvalue weighted by Gasteiger charge is -2.25. The lowest BCUT2D eigenvalue weighted by molar-refractivity contribution is 0.553. The Hall–Kier alpha value is -1.63. The molecule has 0 radical (unpaired) electrons. The number of aromatic nitrogens is 1. The first kappa shape index (κ1) is 15.8. The van der Waals surface area contributed by atoms with E-state index in [9.17, 15) is 0 Å². The van der Waals surface area contributed by atoms with E-state index < -0.39 is 0 Å². The smallest absolute Gasteiger partial charge is 0.0708 e. The summed E-state index contributed by atoms with van der Waals surface area (Å²) in [6, 6.07) is 13.1. The van der Waals surface area contributed by atoms with Crippen molar-refractivity contribution in [2.24, 2.45) is 0 Å².